The highest BCUT2D eigenvalue weighted by Gasteiger charge is 1.88. The van der Waals surface area contributed by atoms with Crippen molar-refractivity contribution in [3.8, 4) is 5.75 Å². The van der Waals surface area contributed by atoms with E-state index < -0.39 is 0 Å². The molecule has 0 bridgehead atoms. The maximum absolute atomic E-state index is 5.26. The lowest BCUT2D eigenvalue weighted by atomic mass is 10.2. The number of hydrogen-bond donors (Lipinski definition) is 0. The molecule has 0 N–H and O–H groups in total. The van der Waals surface area contributed by atoms with Crippen LogP contribution >= 0.6 is 0 Å². The molecule has 0 aliphatic rings. The summed E-state index contributed by atoms with van der Waals surface area (Å²) >= 11 is 0. The molecule has 2 nitrogen and oxygen atoms in total. The molecular formula is C22H27NO. The van der Waals surface area contributed by atoms with Crippen molar-refractivity contribution in [2.75, 3.05) is 6.61 Å². The molecule has 0 aliphatic heterocycles. The van der Waals surface area contributed by atoms with Gasteiger partial charge in [0.1, 0.15) is 5.75 Å². The summed E-state index contributed by atoms with van der Waals surface area (Å²) in [5.74, 6) is 0.952. The largest absolute Gasteiger partial charge is 0.494 e. The molecule has 1 heterocycles. The Morgan fingerprint density at radius 3 is 1.67 bits per heavy atom. The highest BCUT2D eigenvalue weighted by Crippen LogP contribution is 2.10. The zero-order valence-corrected chi connectivity index (χ0v) is 15.1. The van der Waals surface area contributed by atoms with E-state index in [1.165, 1.54) is 16.7 Å². The van der Waals surface area contributed by atoms with Gasteiger partial charge in [-0.15, -0.1) is 0 Å². The Hall–Kier alpha value is -2.61. The second kappa shape index (κ2) is 11.9. The Kier molecular flexibility index (Phi) is 9.63. The molecule has 0 atom stereocenters. The number of aromatic nitrogens is 1. The highest BCUT2D eigenvalue weighted by atomic mass is 16.5. The number of nitrogens with zero attached hydrogens (tertiary/aromatic N) is 1. The first-order valence-electron chi connectivity index (χ1n) is 8.19. The molecular weight excluding hydrogens is 294 g/mol. The van der Waals surface area contributed by atoms with Gasteiger partial charge in [0.2, 0.25) is 0 Å². The molecule has 0 spiro atoms. The van der Waals surface area contributed by atoms with Crippen molar-refractivity contribution < 1.29 is 4.74 Å². The smallest absolute Gasteiger partial charge is 0.119 e. The molecule has 1 aromatic heterocycles. The number of hydrogen-bond acceptors (Lipinski definition) is 2. The van der Waals surface area contributed by atoms with Gasteiger partial charge in [0.05, 0.1) is 6.61 Å². The molecule has 3 rings (SSSR count). The highest BCUT2D eigenvalue weighted by molar-refractivity contribution is 5.26. The van der Waals surface area contributed by atoms with Crippen molar-refractivity contribution >= 4 is 0 Å². The summed E-state index contributed by atoms with van der Waals surface area (Å²) in [5.41, 5.74) is 3.80. The van der Waals surface area contributed by atoms with Gasteiger partial charge in [-0.1, -0.05) is 59.7 Å². The molecule has 0 saturated carbocycles. The fraction of sp³-hybridized carbons (Fsp3) is 0.227. The summed E-state index contributed by atoms with van der Waals surface area (Å²) in [6.07, 6.45) is 3.60. The summed E-state index contributed by atoms with van der Waals surface area (Å²) in [4.78, 5) is 3.88. The minimum absolute atomic E-state index is 0.739. The van der Waals surface area contributed by atoms with Crippen molar-refractivity contribution in [2.24, 2.45) is 0 Å². The van der Waals surface area contributed by atoms with Gasteiger partial charge in [-0.25, -0.2) is 0 Å². The molecule has 3 aromatic rings. The quantitative estimate of drug-likeness (QED) is 0.597. The van der Waals surface area contributed by atoms with Crippen molar-refractivity contribution in [2.45, 2.75) is 27.7 Å². The van der Waals surface area contributed by atoms with E-state index in [1.54, 1.807) is 6.20 Å². The molecule has 126 valence electrons. The van der Waals surface area contributed by atoms with E-state index in [0.29, 0.717) is 0 Å². The molecule has 0 unspecified atom stereocenters. The van der Waals surface area contributed by atoms with Gasteiger partial charge >= 0.3 is 0 Å². The number of ether oxygens (including phenoxy) is 1. The van der Waals surface area contributed by atoms with Crippen LogP contribution in [0.25, 0.3) is 0 Å². The van der Waals surface area contributed by atoms with Gasteiger partial charge in [0.15, 0.2) is 0 Å². The van der Waals surface area contributed by atoms with Crippen molar-refractivity contribution in [3.63, 3.8) is 0 Å². The van der Waals surface area contributed by atoms with E-state index in [-0.39, 0.29) is 0 Å². The Morgan fingerprint density at radius 1 is 0.708 bits per heavy atom. The predicted molar refractivity (Wildman–Crippen MR) is 103 cm³/mol. The van der Waals surface area contributed by atoms with Crippen molar-refractivity contribution in [1.29, 1.82) is 0 Å². The Bertz CT molecular complexity index is 611. The van der Waals surface area contributed by atoms with Crippen LogP contribution in [0.1, 0.15) is 23.6 Å². The van der Waals surface area contributed by atoms with E-state index in [0.717, 1.165) is 12.4 Å². The average Bonchev–Trinajstić information content (AvgIpc) is 2.60. The van der Waals surface area contributed by atoms with Crippen LogP contribution in [0.3, 0.4) is 0 Å². The first kappa shape index (κ1) is 19.4. The van der Waals surface area contributed by atoms with Gasteiger partial charge in [0, 0.05) is 12.4 Å². The van der Waals surface area contributed by atoms with Gasteiger partial charge < -0.3 is 4.74 Å². The van der Waals surface area contributed by atoms with Crippen LogP contribution in [0, 0.1) is 20.8 Å². The minimum Gasteiger partial charge on any atom is -0.494 e. The Balaban J connectivity index is 0.000000185. The number of rotatable bonds is 2. The summed E-state index contributed by atoms with van der Waals surface area (Å²) in [6, 6.07) is 22.3. The summed E-state index contributed by atoms with van der Waals surface area (Å²) in [5, 5.41) is 0. The second-order valence-corrected chi connectivity index (χ2v) is 5.43. The van der Waals surface area contributed by atoms with E-state index in [4.69, 9.17) is 4.74 Å². The number of pyridine rings is 1. The topological polar surface area (TPSA) is 22.1 Å². The number of benzene rings is 2. The third-order valence-corrected chi connectivity index (χ3v) is 3.08. The first-order valence-corrected chi connectivity index (χ1v) is 8.19. The van der Waals surface area contributed by atoms with E-state index in [1.807, 2.05) is 74.6 Å². The monoisotopic (exact) mass is 321 g/mol. The lowest BCUT2D eigenvalue weighted by molar-refractivity contribution is 0.340. The average molecular weight is 321 g/mol. The van der Waals surface area contributed by atoms with Crippen LogP contribution in [-0.4, -0.2) is 11.6 Å². The maximum atomic E-state index is 5.26. The molecule has 0 fully saturated rings. The van der Waals surface area contributed by atoms with Gasteiger partial charge in [-0.05, 0) is 51.5 Å². The third kappa shape index (κ3) is 9.42. The van der Waals surface area contributed by atoms with Gasteiger partial charge in [-0.2, -0.15) is 0 Å². The summed E-state index contributed by atoms with van der Waals surface area (Å²) in [7, 11) is 0. The lowest BCUT2D eigenvalue weighted by Crippen LogP contribution is -1.90. The predicted octanol–water partition coefficient (Wildman–Crippen LogP) is 5.78. The zero-order chi connectivity index (χ0) is 17.6. The van der Waals surface area contributed by atoms with Crippen LogP contribution < -0.4 is 4.74 Å². The Morgan fingerprint density at radius 2 is 1.29 bits per heavy atom. The van der Waals surface area contributed by atoms with Crippen LogP contribution in [0.4, 0.5) is 0 Å². The molecule has 2 aromatic carbocycles. The summed E-state index contributed by atoms with van der Waals surface area (Å²) < 4.78 is 5.26. The summed E-state index contributed by atoms with van der Waals surface area (Å²) in [6.45, 7) is 8.89. The fourth-order valence-corrected chi connectivity index (χ4v) is 1.78. The van der Waals surface area contributed by atoms with Gasteiger partial charge in [0.25, 0.3) is 0 Å². The molecule has 0 radical (unpaired) electrons. The van der Waals surface area contributed by atoms with Crippen LogP contribution in [-0.2, 0) is 0 Å². The lowest BCUT2D eigenvalue weighted by Gasteiger charge is -2.01. The molecule has 24 heavy (non-hydrogen) atoms. The van der Waals surface area contributed by atoms with Crippen LogP contribution in [0.15, 0.2) is 79.1 Å². The normalized spacial score (nSPS) is 9.00. The van der Waals surface area contributed by atoms with Gasteiger partial charge in [-0.3, -0.25) is 4.98 Å². The van der Waals surface area contributed by atoms with E-state index in [2.05, 4.69) is 31.0 Å². The molecule has 0 aliphatic carbocycles. The fourth-order valence-electron chi connectivity index (χ4n) is 1.78. The minimum atomic E-state index is 0.739. The van der Waals surface area contributed by atoms with Crippen LogP contribution in [0.2, 0.25) is 0 Å². The van der Waals surface area contributed by atoms with Crippen molar-refractivity contribution in [1.82, 2.24) is 4.98 Å². The van der Waals surface area contributed by atoms with E-state index in [9.17, 15) is 0 Å². The second-order valence-electron chi connectivity index (χ2n) is 5.43. The first-order chi connectivity index (χ1) is 11.6. The maximum Gasteiger partial charge on any atom is 0.119 e. The van der Waals surface area contributed by atoms with E-state index >= 15 is 0 Å². The van der Waals surface area contributed by atoms with Crippen LogP contribution in [0.5, 0.6) is 5.75 Å². The molecule has 2 heteroatoms. The Labute approximate surface area is 146 Å². The zero-order valence-electron chi connectivity index (χ0n) is 15.1. The standard InChI is InChI=1S/C9H12O.C7H8.C6H7N/c1-3-10-9-6-4-8(2)5-7-9;1-7-5-3-2-4-6-7;1-6-3-2-4-7-5-6/h4-7H,3H2,1-2H3;2-6H,1H3;2-5H,1H3. The SMILES string of the molecule is CCOc1ccc(C)cc1.Cc1ccccc1.Cc1cccnc1. The van der Waals surface area contributed by atoms with Crippen molar-refractivity contribution in [3.05, 3.63) is 95.8 Å². The molecule has 0 saturated heterocycles. The third-order valence-electron chi connectivity index (χ3n) is 3.08. The molecule has 0 amide bonds. The number of aryl methyl sites for hydroxylation is 3.